The first-order valence-corrected chi connectivity index (χ1v) is 9.27. The van der Waals surface area contributed by atoms with Crippen LogP contribution >= 0.6 is 0 Å². The molecule has 132 valence electrons. The molecule has 2 heterocycles. The van der Waals surface area contributed by atoms with Crippen molar-refractivity contribution in [1.29, 1.82) is 0 Å². The largest absolute Gasteiger partial charge is 0.497 e. The van der Waals surface area contributed by atoms with Crippen LogP contribution in [0.4, 0.5) is 0 Å². The van der Waals surface area contributed by atoms with Crippen LogP contribution in [-0.2, 0) is 16.0 Å². The number of likely N-dealkylation sites (tertiary alicyclic amines) is 1. The van der Waals surface area contributed by atoms with Crippen LogP contribution in [0.25, 0.3) is 0 Å². The normalized spacial score (nSPS) is 21.9. The number of benzene rings is 1. The molecule has 1 amide bonds. The minimum atomic E-state index is 0.310. The topological polar surface area (TPSA) is 38.8 Å². The Balaban J connectivity index is 1.40. The molecule has 4 heteroatoms. The van der Waals surface area contributed by atoms with E-state index in [-0.39, 0.29) is 0 Å². The maximum atomic E-state index is 12.4. The zero-order valence-corrected chi connectivity index (χ0v) is 14.7. The summed E-state index contributed by atoms with van der Waals surface area (Å²) >= 11 is 0. The SMILES string of the molecule is COc1cccc(CC2CCN(C(=O)CCC3CCCO3)CC2)c1. The highest BCUT2D eigenvalue weighted by Crippen LogP contribution is 2.24. The summed E-state index contributed by atoms with van der Waals surface area (Å²) in [5, 5.41) is 0. The fraction of sp³-hybridized carbons (Fsp3) is 0.650. The van der Waals surface area contributed by atoms with Gasteiger partial charge in [-0.25, -0.2) is 0 Å². The first kappa shape index (κ1) is 17.3. The molecule has 0 aliphatic carbocycles. The van der Waals surface area contributed by atoms with E-state index in [0.717, 1.165) is 64.0 Å². The quantitative estimate of drug-likeness (QED) is 0.801. The van der Waals surface area contributed by atoms with E-state index in [1.807, 2.05) is 6.07 Å². The van der Waals surface area contributed by atoms with Crippen LogP contribution in [0.3, 0.4) is 0 Å². The third-order valence-electron chi connectivity index (χ3n) is 5.33. The first-order chi connectivity index (χ1) is 11.7. The summed E-state index contributed by atoms with van der Waals surface area (Å²) in [5.41, 5.74) is 1.33. The Hall–Kier alpha value is -1.55. The Morgan fingerprint density at radius 2 is 2.12 bits per heavy atom. The Morgan fingerprint density at radius 3 is 2.83 bits per heavy atom. The maximum Gasteiger partial charge on any atom is 0.222 e. The van der Waals surface area contributed by atoms with Crippen LogP contribution < -0.4 is 4.74 Å². The molecule has 24 heavy (non-hydrogen) atoms. The van der Waals surface area contributed by atoms with Gasteiger partial charge < -0.3 is 14.4 Å². The van der Waals surface area contributed by atoms with Gasteiger partial charge in [-0.2, -0.15) is 0 Å². The molecule has 2 fully saturated rings. The van der Waals surface area contributed by atoms with Gasteiger partial charge in [-0.3, -0.25) is 4.79 Å². The standard InChI is InChI=1S/C20H29NO3/c1-23-19-5-2-4-17(15-19)14-16-9-11-21(12-10-16)20(22)8-7-18-6-3-13-24-18/h2,4-5,15-16,18H,3,6-14H2,1H3. The Labute approximate surface area is 145 Å². The highest BCUT2D eigenvalue weighted by Gasteiger charge is 2.24. The molecule has 4 nitrogen and oxygen atoms in total. The Kier molecular flexibility index (Phi) is 6.13. The van der Waals surface area contributed by atoms with E-state index >= 15 is 0 Å². The van der Waals surface area contributed by atoms with Gasteiger partial charge in [0.1, 0.15) is 5.75 Å². The number of ether oxygens (including phenoxy) is 2. The molecule has 0 N–H and O–H groups in total. The van der Waals surface area contributed by atoms with Crippen molar-refractivity contribution < 1.29 is 14.3 Å². The van der Waals surface area contributed by atoms with Gasteiger partial charge in [-0.05, 0) is 62.1 Å². The molecule has 0 spiro atoms. The number of hydrogen-bond acceptors (Lipinski definition) is 3. The van der Waals surface area contributed by atoms with Crippen molar-refractivity contribution in [2.24, 2.45) is 5.92 Å². The monoisotopic (exact) mass is 331 g/mol. The summed E-state index contributed by atoms with van der Waals surface area (Å²) in [6.45, 7) is 2.67. The van der Waals surface area contributed by atoms with Crippen molar-refractivity contribution in [1.82, 2.24) is 4.90 Å². The second-order valence-corrected chi connectivity index (χ2v) is 7.05. The molecule has 0 radical (unpaired) electrons. The van der Waals surface area contributed by atoms with Gasteiger partial charge in [0.05, 0.1) is 13.2 Å². The molecular formula is C20H29NO3. The molecule has 1 aromatic rings. The number of piperidine rings is 1. The van der Waals surface area contributed by atoms with E-state index in [1.165, 1.54) is 5.56 Å². The molecule has 1 aromatic carbocycles. The lowest BCUT2D eigenvalue weighted by molar-refractivity contribution is -0.133. The van der Waals surface area contributed by atoms with E-state index in [1.54, 1.807) is 7.11 Å². The van der Waals surface area contributed by atoms with Crippen molar-refractivity contribution in [3.63, 3.8) is 0 Å². The lowest BCUT2D eigenvalue weighted by Crippen LogP contribution is -2.39. The molecule has 2 aliphatic heterocycles. The molecular weight excluding hydrogens is 302 g/mol. The third kappa shape index (κ3) is 4.73. The molecule has 0 aromatic heterocycles. The van der Waals surface area contributed by atoms with E-state index in [2.05, 4.69) is 23.1 Å². The van der Waals surface area contributed by atoms with Crippen LogP contribution in [0.2, 0.25) is 0 Å². The summed E-state index contributed by atoms with van der Waals surface area (Å²) in [5.74, 6) is 1.90. The van der Waals surface area contributed by atoms with Crippen molar-refractivity contribution in [2.75, 3.05) is 26.8 Å². The minimum absolute atomic E-state index is 0.310. The van der Waals surface area contributed by atoms with Crippen LogP contribution in [0.15, 0.2) is 24.3 Å². The lowest BCUT2D eigenvalue weighted by Gasteiger charge is -2.32. The van der Waals surface area contributed by atoms with Crippen molar-refractivity contribution in [3.8, 4) is 5.75 Å². The van der Waals surface area contributed by atoms with Gasteiger partial charge in [0.25, 0.3) is 0 Å². The second kappa shape index (κ2) is 8.52. The van der Waals surface area contributed by atoms with Crippen molar-refractivity contribution in [2.45, 2.75) is 51.0 Å². The zero-order chi connectivity index (χ0) is 16.8. The van der Waals surface area contributed by atoms with E-state index in [9.17, 15) is 4.79 Å². The summed E-state index contributed by atoms with van der Waals surface area (Å²) in [4.78, 5) is 14.4. The van der Waals surface area contributed by atoms with Gasteiger partial charge in [-0.15, -0.1) is 0 Å². The predicted molar refractivity (Wildman–Crippen MR) is 94.2 cm³/mol. The van der Waals surface area contributed by atoms with Crippen LogP contribution in [-0.4, -0.2) is 43.7 Å². The fourth-order valence-corrected chi connectivity index (χ4v) is 3.83. The summed E-state index contributed by atoms with van der Waals surface area (Å²) in [7, 11) is 1.71. The van der Waals surface area contributed by atoms with Gasteiger partial charge in [0, 0.05) is 26.1 Å². The van der Waals surface area contributed by atoms with Crippen LogP contribution in [0, 0.1) is 5.92 Å². The third-order valence-corrected chi connectivity index (χ3v) is 5.33. The minimum Gasteiger partial charge on any atom is -0.497 e. The zero-order valence-electron chi connectivity index (χ0n) is 14.7. The van der Waals surface area contributed by atoms with Crippen molar-refractivity contribution in [3.05, 3.63) is 29.8 Å². The van der Waals surface area contributed by atoms with Gasteiger partial charge in [0.2, 0.25) is 5.91 Å². The Morgan fingerprint density at radius 1 is 1.29 bits per heavy atom. The Bertz CT molecular complexity index is 531. The number of amides is 1. The molecule has 1 atom stereocenters. The maximum absolute atomic E-state index is 12.4. The van der Waals surface area contributed by atoms with Crippen LogP contribution in [0.5, 0.6) is 5.75 Å². The predicted octanol–water partition coefficient (Wildman–Crippen LogP) is 3.44. The van der Waals surface area contributed by atoms with E-state index < -0.39 is 0 Å². The number of hydrogen-bond donors (Lipinski definition) is 0. The van der Waals surface area contributed by atoms with E-state index in [0.29, 0.717) is 24.3 Å². The molecule has 3 rings (SSSR count). The molecule has 0 saturated carbocycles. The summed E-state index contributed by atoms with van der Waals surface area (Å²) in [6, 6.07) is 8.33. The fourth-order valence-electron chi connectivity index (χ4n) is 3.83. The molecule has 2 saturated heterocycles. The summed E-state index contributed by atoms with van der Waals surface area (Å²) in [6.07, 6.45) is 7.40. The van der Waals surface area contributed by atoms with Crippen LogP contribution in [0.1, 0.15) is 44.1 Å². The number of carbonyl (C=O) groups excluding carboxylic acids is 1. The van der Waals surface area contributed by atoms with Crippen molar-refractivity contribution >= 4 is 5.91 Å². The number of rotatable bonds is 6. The highest BCUT2D eigenvalue weighted by molar-refractivity contribution is 5.76. The van der Waals surface area contributed by atoms with Gasteiger partial charge in [0.15, 0.2) is 0 Å². The average molecular weight is 331 g/mol. The van der Waals surface area contributed by atoms with E-state index in [4.69, 9.17) is 9.47 Å². The number of methoxy groups -OCH3 is 1. The lowest BCUT2D eigenvalue weighted by atomic mass is 9.90. The average Bonchev–Trinajstić information content (AvgIpc) is 3.14. The van der Waals surface area contributed by atoms with Gasteiger partial charge in [-0.1, -0.05) is 12.1 Å². The molecule has 1 unspecified atom stereocenters. The molecule has 2 aliphatic rings. The van der Waals surface area contributed by atoms with Gasteiger partial charge >= 0.3 is 0 Å². The second-order valence-electron chi connectivity index (χ2n) is 7.05. The smallest absolute Gasteiger partial charge is 0.222 e. The molecule has 0 bridgehead atoms. The summed E-state index contributed by atoms with van der Waals surface area (Å²) < 4.78 is 10.9. The number of carbonyl (C=O) groups is 1. The highest BCUT2D eigenvalue weighted by atomic mass is 16.5. The first-order valence-electron chi connectivity index (χ1n) is 9.27. The number of nitrogens with zero attached hydrogens (tertiary/aromatic N) is 1.